The van der Waals surface area contributed by atoms with Gasteiger partial charge in [-0.3, -0.25) is 0 Å². The molecule has 0 fully saturated rings. The van der Waals surface area contributed by atoms with E-state index in [9.17, 15) is 5.11 Å². The summed E-state index contributed by atoms with van der Waals surface area (Å²) < 4.78 is 0.747. The minimum absolute atomic E-state index is 0.285. The van der Waals surface area contributed by atoms with Crippen molar-refractivity contribution in [1.82, 2.24) is 0 Å². The molecule has 0 aliphatic carbocycles. The second-order valence-electron chi connectivity index (χ2n) is 3.95. The number of hydrogen-bond acceptors (Lipinski definition) is 1. The van der Waals surface area contributed by atoms with Crippen molar-refractivity contribution < 1.29 is 5.11 Å². The summed E-state index contributed by atoms with van der Waals surface area (Å²) in [6.07, 6.45) is 0.888. The van der Waals surface area contributed by atoms with E-state index in [1.807, 2.05) is 12.1 Å². The zero-order chi connectivity index (χ0) is 11.5. The first-order valence-electron chi connectivity index (χ1n) is 5.18. The van der Waals surface area contributed by atoms with Crippen molar-refractivity contribution in [3.63, 3.8) is 0 Å². The van der Waals surface area contributed by atoms with E-state index in [4.69, 9.17) is 0 Å². The van der Waals surface area contributed by atoms with Crippen LogP contribution in [0.3, 0.4) is 0 Å². The molecule has 0 atom stereocenters. The van der Waals surface area contributed by atoms with E-state index in [2.05, 4.69) is 47.1 Å². The highest BCUT2D eigenvalue weighted by atomic mass is 79.9. The Kier molecular flexibility index (Phi) is 3.30. The van der Waals surface area contributed by atoms with E-state index in [-0.39, 0.29) is 5.75 Å². The van der Waals surface area contributed by atoms with Gasteiger partial charge in [-0.2, -0.15) is 0 Å². The predicted molar refractivity (Wildman–Crippen MR) is 69.8 cm³/mol. The number of phenolic OH excluding ortho intramolecular Hbond substituents is 1. The molecule has 0 bridgehead atoms. The Morgan fingerprint density at radius 1 is 1.00 bits per heavy atom. The maximum absolute atomic E-state index is 9.40. The first-order chi connectivity index (χ1) is 7.65. The lowest BCUT2D eigenvalue weighted by Crippen LogP contribution is -1.88. The van der Waals surface area contributed by atoms with Crippen molar-refractivity contribution in [2.24, 2.45) is 0 Å². The summed E-state index contributed by atoms with van der Waals surface area (Å²) in [6, 6.07) is 14.1. The molecule has 2 rings (SSSR count). The number of aryl methyl sites for hydroxylation is 1. The van der Waals surface area contributed by atoms with Crippen molar-refractivity contribution in [3.05, 3.63) is 63.6 Å². The van der Waals surface area contributed by atoms with Gasteiger partial charge in [0, 0.05) is 0 Å². The van der Waals surface area contributed by atoms with Crippen molar-refractivity contribution in [1.29, 1.82) is 0 Å². The monoisotopic (exact) mass is 276 g/mol. The first kappa shape index (κ1) is 11.2. The Morgan fingerprint density at radius 2 is 1.62 bits per heavy atom. The van der Waals surface area contributed by atoms with Gasteiger partial charge in [0.2, 0.25) is 0 Å². The summed E-state index contributed by atoms with van der Waals surface area (Å²) >= 11 is 3.32. The third kappa shape index (κ3) is 2.64. The minimum Gasteiger partial charge on any atom is -0.507 e. The molecule has 16 heavy (non-hydrogen) atoms. The summed E-state index contributed by atoms with van der Waals surface area (Å²) in [5.74, 6) is 0.285. The second-order valence-corrected chi connectivity index (χ2v) is 4.80. The molecule has 0 aliphatic rings. The van der Waals surface area contributed by atoms with E-state index in [1.54, 1.807) is 6.07 Å². The fourth-order valence-electron chi connectivity index (χ4n) is 1.60. The fourth-order valence-corrected chi connectivity index (χ4v) is 2.03. The van der Waals surface area contributed by atoms with Crippen molar-refractivity contribution in [2.75, 3.05) is 0 Å². The molecular weight excluding hydrogens is 264 g/mol. The molecule has 2 heteroatoms. The molecule has 0 aliphatic heterocycles. The third-order valence-electron chi connectivity index (χ3n) is 2.54. The smallest absolute Gasteiger partial charge is 0.129 e. The molecule has 2 aromatic carbocycles. The molecule has 0 saturated carbocycles. The fraction of sp³-hybridized carbons (Fsp3) is 0.143. The van der Waals surface area contributed by atoms with Crippen LogP contribution in [0.2, 0.25) is 0 Å². The van der Waals surface area contributed by atoms with Crippen LogP contribution in [0, 0.1) is 6.92 Å². The Bertz CT molecular complexity index is 489. The lowest BCUT2D eigenvalue weighted by molar-refractivity contribution is 0.471. The summed E-state index contributed by atoms with van der Waals surface area (Å²) in [7, 11) is 0. The van der Waals surface area contributed by atoms with Gasteiger partial charge in [0.05, 0.1) is 4.47 Å². The van der Waals surface area contributed by atoms with E-state index in [0.717, 1.165) is 10.9 Å². The summed E-state index contributed by atoms with van der Waals surface area (Å²) in [5.41, 5.74) is 3.74. The topological polar surface area (TPSA) is 20.2 Å². The molecule has 0 amide bonds. The summed E-state index contributed by atoms with van der Waals surface area (Å²) in [4.78, 5) is 0. The van der Waals surface area contributed by atoms with Crippen LogP contribution in [0.5, 0.6) is 5.75 Å². The molecule has 0 unspecified atom stereocenters. The van der Waals surface area contributed by atoms with Gasteiger partial charge < -0.3 is 5.11 Å². The molecule has 0 saturated heterocycles. The van der Waals surface area contributed by atoms with E-state index >= 15 is 0 Å². The second kappa shape index (κ2) is 4.71. The van der Waals surface area contributed by atoms with Gasteiger partial charge in [0.15, 0.2) is 0 Å². The number of benzene rings is 2. The largest absolute Gasteiger partial charge is 0.507 e. The summed E-state index contributed by atoms with van der Waals surface area (Å²) in [5, 5.41) is 9.40. The van der Waals surface area contributed by atoms with Crippen molar-refractivity contribution in [2.45, 2.75) is 13.3 Å². The standard InChI is InChI=1S/C14H13BrO/c1-10-2-4-11(5-3-10)8-12-6-7-14(16)13(15)9-12/h2-7,9,16H,8H2,1H3. The highest BCUT2D eigenvalue weighted by Crippen LogP contribution is 2.25. The van der Waals surface area contributed by atoms with Gasteiger partial charge in [-0.05, 0) is 52.5 Å². The number of halogens is 1. The lowest BCUT2D eigenvalue weighted by Gasteiger charge is -2.04. The molecule has 0 aromatic heterocycles. The highest BCUT2D eigenvalue weighted by molar-refractivity contribution is 9.10. The molecular formula is C14H13BrO. The molecule has 1 nitrogen and oxygen atoms in total. The van der Waals surface area contributed by atoms with Gasteiger partial charge in [-0.1, -0.05) is 35.9 Å². The zero-order valence-corrected chi connectivity index (χ0v) is 10.7. The molecule has 82 valence electrons. The van der Waals surface area contributed by atoms with Gasteiger partial charge >= 0.3 is 0 Å². The van der Waals surface area contributed by atoms with E-state index in [1.165, 1.54) is 16.7 Å². The number of aromatic hydroxyl groups is 1. The van der Waals surface area contributed by atoms with Crippen LogP contribution in [0.15, 0.2) is 46.9 Å². The van der Waals surface area contributed by atoms with Crippen molar-refractivity contribution in [3.8, 4) is 5.75 Å². The lowest BCUT2D eigenvalue weighted by atomic mass is 10.0. The average Bonchev–Trinajstić information content (AvgIpc) is 2.27. The SMILES string of the molecule is Cc1ccc(Cc2ccc(O)c(Br)c2)cc1. The van der Waals surface area contributed by atoms with E-state index < -0.39 is 0 Å². The van der Waals surface area contributed by atoms with Crippen LogP contribution in [-0.4, -0.2) is 5.11 Å². The van der Waals surface area contributed by atoms with Gasteiger partial charge in [-0.15, -0.1) is 0 Å². The molecule has 0 radical (unpaired) electrons. The van der Waals surface area contributed by atoms with Crippen molar-refractivity contribution >= 4 is 15.9 Å². The van der Waals surface area contributed by atoms with Crippen LogP contribution in [0.1, 0.15) is 16.7 Å². The van der Waals surface area contributed by atoms with Crippen LogP contribution >= 0.6 is 15.9 Å². The Balaban J connectivity index is 2.20. The number of hydrogen-bond donors (Lipinski definition) is 1. The maximum Gasteiger partial charge on any atom is 0.129 e. The molecule has 1 N–H and O–H groups in total. The Labute approximate surface area is 104 Å². The normalized spacial score (nSPS) is 10.4. The third-order valence-corrected chi connectivity index (χ3v) is 3.18. The van der Waals surface area contributed by atoms with E-state index in [0.29, 0.717) is 0 Å². The minimum atomic E-state index is 0.285. The average molecular weight is 277 g/mol. The summed E-state index contributed by atoms with van der Waals surface area (Å²) in [6.45, 7) is 2.08. The van der Waals surface area contributed by atoms with Gasteiger partial charge in [0.1, 0.15) is 5.75 Å². The van der Waals surface area contributed by atoms with Gasteiger partial charge in [-0.25, -0.2) is 0 Å². The molecule has 0 spiro atoms. The maximum atomic E-state index is 9.40. The van der Waals surface area contributed by atoms with Crippen LogP contribution < -0.4 is 0 Å². The molecule has 2 aromatic rings. The van der Waals surface area contributed by atoms with Crippen LogP contribution in [-0.2, 0) is 6.42 Å². The number of rotatable bonds is 2. The molecule has 0 heterocycles. The quantitative estimate of drug-likeness (QED) is 0.877. The first-order valence-corrected chi connectivity index (χ1v) is 5.97. The zero-order valence-electron chi connectivity index (χ0n) is 9.07. The Morgan fingerprint density at radius 3 is 2.25 bits per heavy atom. The highest BCUT2D eigenvalue weighted by Gasteiger charge is 2.00. The van der Waals surface area contributed by atoms with Crippen LogP contribution in [0.4, 0.5) is 0 Å². The predicted octanol–water partition coefficient (Wildman–Crippen LogP) is 4.05. The number of phenols is 1. The van der Waals surface area contributed by atoms with Gasteiger partial charge in [0.25, 0.3) is 0 Å². The van der Waals surface area contributed by atoms with Crippen LogP contribution in [0.25, 0.3) is 0 Å². The Hall–Kier alpha value is -1.28.